The molecule has 1 atom stereocenters. The van der Waals surface area contributed by atoms with Crippen LogP contribution in [0, 0.1) is 0 Å². The molecule has 1 aliphatic carbocycles. The second kappa shape index (κ2) is 7.06. The second-order valence-electron chi connectivity index (χ2n) is 6.19. The molecule has 0 saturated heterocycles. The fourth-order valence-electron chi connectivity index (χ4n) is 3.07. The van der Waals surface area contributed by atoms with Gasteiger partial charge in [0, 0.05) is 17.4 Å². The average molecular weight is 399 g/mol. The van der Waals surface area contributed by atoms with Crippen LogP contribution in [0.1, 0.15) is 12.5 Å². The van der Waals surface area contributed by atoms with Gasteiger partial charge in [-0.3, -0.25) is 0 Å². The Kier molecular flexibility index (Phi) is 4.59. The van der Waals surface area contributed by atoms with E-state index < -0.39 is 0 Å². The van der Waals surface area contributed by atoms with Crippen molar-refractivity contribution in [2.75, 3.05) is 11.5 Å². The molecule has 2 aromatic heterocycles. The molecule has 27 heavy (non-hydrogen) atoms. The molecule has 8 heteroatoms. The van der Waals surface area contributed by atoms with Crippen molar-refractivity contribution in [3.8, 4) is 22.5 Å². The highest BCUT2D eigenvalue weighted by Crippen LogP contribution is 2.37. The van der Waals surface area contributed by atoms with E-state index in [1.165, 1.54) is 0 Å². The van der Waals surface area contributed by atoms with Gasteiger partial charge in [-0.25, -0.2) is 4.98 Å². The van der Waals surface area contributed by atoms with E-state index in [0.29, 0.717) is 39.4 Å². The normalized spacial score (nSPS) is 16.7. The Hall–Kier alpha value is -2.83. The highest BCUT2D eigenvalue weighted by Gasteiger charge is 2.24. The molecular formula is C19H16Cl2N6. The van der Waals surface area contributed by atoms with E-state index in [9.17, 15) is 0 Å². The number of allylic oxidation sites excluding steroid dienone is 4. The van der Waals surface area contributed by atoms with Crippen molar-refractivity contribution in [1.82, 2.24) is 19.7 Å². The molecule has 0 aliphatic heterocycles. The van der Waals surface area contributed by atoms with Crippen molar-refractivity contribution in [3.63, 3.8) is 0 Å². The van der Waals surface area contributed by atoms with Crippen molar-refractivity contribution in [3.05, 3.63) is 65.1 Å². The maximum atomic E-state index is 6.43. The smallest absolute Gasteiger partial charge is 0.168 e. The Morgan fingerprint density at radius 3 is 2.78 bits per heavy atom. The van der Waals surface area contributed by atoms with E-state index in [0.717, 1.165) is 11.1 Å². The quantitative estimate of drug-likeness (QED) is 0.638. The average Bonchev–Trinajstić information content (AvgIpc) is 3.13. The summed E-state index contributed by atoms with van der Waals surface area (Å²) >= 11 is 12.6. The van der Waals surface area contributed by atoms with Crippen LogP contribution in [0.3, 0.4) is 0 Å². The van der Waals surface area contributed by atoms with E-state index in [-0.39, 0.29) is 6.04 Å². The molecule has 0 amide bonds. The number of pyridine rings is 1. The van der Waals surface area contributed by atoms with Gasteiger partial charge in [0.1, 0.15) is 12.1 Å². The highest BCUT2D eigenvalue weighted by molar-refractivity contribution is 6.40. The van der Waals surface area contributed by atoms with Crippen molar-refractivity contribution in [2.24, 2.45) is 0 Å². The SMILES string of the molecule is Nc1cccc(-c2cnc(N)c(-c3nncn3C3CC=CC(Cl)=C3Cl)c2)c1. The molecule has 0 radical (unpaired) electrons. The first-order valence-corrected chi connectivity index (χ1v) is 9.03. The standard InChI is InChI=1S/C19H16Cl2N6/c20-15-5-2-6-16(17(15)21)27-10-25-26-19(27)14-8-12(9-24-18(14)23)11-3-1-4-13(22)7-11/h1-5,7-10,16H,6,22H2,(H2,23,24). The van der Waals surface area contributed by atoms with E-state index in [4.69, 9.17) is 34.7 Å². The highest BCUT2D eigenvalue weighted by atomic mass is 35.5. The third kappa shape index (κ3) is 3.29. The third-order valence-corrected chi connectivity index (χ3v) is 5.31. The Morgan fingerprint density at radius 2 is 1.96 bits per heavy atom. The number of nitrogen functional groups attached to an aromatic ring is 2. The number of benzene rings is 1. The topological polar surface area (TPSA) is 95.6 Å². The summed E-state index contributed by atoms with van der Waals surface area (Å²) in [5, 5.41) is 9.35. The van der Waals surface area contributed by atoms with Crippen LogP contribution in [0.15, 0.2) is 65.1 Å². The Morgan fingerprint density at radius 1 is 1.11 bits per heavy atom. The third-order valence-electron chi connectivity index (χ3n) is 4.43. The van der Waals surface area contributed by atoms with E-state index in [2.05, 4.69) is 15.2 Å². The molecule has 4 N–H and O–H groups in total. The van der Waals surface area contributed by atoms with Crippen LogP contribution in [0.25, 0.3) is 22.5 Å². The van der Waals surface area contributed by atoms with E-state index >= 15 is 0 Å². The number of nitrogens with zero attached hydrogens (tertiary/aromatic N) is 4. The summed E-state index contributed by atoms with van der Waals surface area (Å²) in [6.07, 6.45) is 7.77. The lowest BCUT2D eigenvalue weighted by Crippen LogP contribution is -2.13. The summed E-state index contributed by atoms with van der Waals surface area (Å²) < 4.78 is 1.87. The molecule has 2 heterocycles. The Labute approximate surface area is 166 Å². The van der Waals surface area contributed by atoms with E-state index in [1.807, 2.05) is 41.0 Å². The molecule has 6 nitrogen and oxygen atoms in total. The van der Waals surface area contributed by atoms with Crippen molar-refractivity contribution < 1.29 is 0 Å². The maximum Gasteiger partial charge on any atom is 0.168 e. The summed E-state index contributed by atoms with van der Waals surface area (Å²) in [6, 6.07) is 9.31. The van der Waals surface area contributed by atoms with Crippen LogP contribution < -0.4 is 11.5 Å². The van der Waals surface area contributed by atoms with Crippen molar-refractivity contribution in [1.29, 1.82) is 0 Å². The first kappa shape index (κ1) is 17.6. The number of anilines is 2. The Balaban J connectivity index is 1.81. The van der Waals surface area contributed by atoms with Crippen LogP contribution in [0.4, 0.5) is 11.5 Å². The first-order valence-electron chi connectivity index (χ1n) is 8.27. The zero-order valence-electron chi connectivity index (χ0n) is 14.2. The van der Waals surface area contributed by atoms with Gasteiger partial charge in [-0.2, -0.15) is 0 Å². The predicted octanol–water partition coefficient (Wildman–Crippen LogP) is 4.36. The van der Waals surface area contributed by atoms with Crippen LogP contribution in [-0.4, -0.2) is 19.7 Å². The number of halogens is 2. The van der Waals surface area contributed by atoms with E-state index in [1.54, 1.807) is 18.6 Å². The zero-order valence-corrected chi connectivity index (χ0v) is 15.7. The van der Waals surface area contributed by atoms with Gasteiger partial charge in [-0.1, -0.05) is 41.4 Å². The largest absolute Gasteiger partial charge is 0.399 e. The predicted molar refractivity (Wildman–Crippen MR) is 109 cm³/mol. The molecule has 4 rings (SSSR count). The summed E-state index contributed by atoms with van der Waals surface area (Å²) in [4.78, 5) is 4.33. The van der Waals surface area contributed by atoms with Gasteiger partial charge in [0.2, 0.25) is 0 Å². The molecule has 136 valence electrons. The maximum absolute atomic E-state index is 6.43. The summed E-state index contributed by atoms with van der Waals surface area (Å²) in [5.41, 5.74) is 15.2. The first-order chi connectivity index (χ1) is 13.0. The molecule has 0 bridgehead atoms. The van der Waals surface area contributed by atoms with Crippen LogP contribution in [0.5, 0.6) is 0 Å². The molecule has 0 saturated carbocycles. The van der Waals surface area contributed by atoms with Gasteiger partial charge in [0.15, 0.2) is 5.82 Å². The van der Waals surface area contributed by atoms with Gasteiger partial charge < -0.3 is 16.0 Å². The summed E-state index contributed by atoms with van der Waals surface area (Å²) in [6.45, 7) is 0. The number of rotatable bonds is 3. The second-order valence-corrected chi connectivity index (χ2v) is 7.01. The lowest BCUT2D eigenvalue weighted by atomic mass is 10.0. The molecule has 0 fully saturated rings. The Bertz CT molecular complexity index is 1070. The number of hydrogen-bond donors (Lipinski definition) is 2. The van der Waals surface area contributed by atoms with Gasteiger partial charge in [-0.05, 0) is 36.3 Å². The van der Waals surface area contributed by atoms with Gasteiger partial charge in [-0.15, -0.1) is 10.2 Å². The summed E-state index contributed by atoms with van der Waals surface area (Å²) in [5.74, 6) is 0.933. The molecular weight excluding hydrogens is 383 g/mol. The molecule has 1 unspecified atom stereocenters. The minimum atomic E-state index is -0.190. The number of nitrogens with two attached hydrogens (primary N) is 2. The van der Waals surface area contributed by atoms with Crippen molar-refractivity contribution >= 4 is 34.7 Å². The van der Waals surface area contributed by atoms with Gasteiger partial charge in [0.25, 0.3) is 0 Å². The fourth-order valence-corrected chi connectivity index (χ4v) is 3.54. The summed E-state index contributed by atoms with van der Waals surface area (Å²) in [7, 11) is 0. The monoisotopic (exact) mass is 398 g/mol. The lowest BCUT2D eigenvalue weighted by molar-refractivity contribution is 0.599. The van der Waals surface area contributed by atoms with Crippen LogP contribution in [0.2, 0.25) is 0 Å². The zero-order chi connectivity index (χ0) is 19.0. The van der Waals surface area contributed by atoms with Crippen molar-refractivity contribution in [2.45, 2.75) is 12.5 Å². The van der Waals surface area contributed by atoms with Crippen LogP contribution in [-0.2, 0) is 0 Å². The number of hydrogen-bond acceptors (Lipinski definition) is 5. The molecule has 1 aromatic carbocycles. The molecule has 0 spiro atoms. The van der Waals surface area contributed by atoms with Gasteiger partial charge in [0.05, 0.1) is 21.7 Å². The fraction of sp³-hybridized carbons (Fsp3) is 0.105. The molecule has 3 aromatic rings. The van der Waals surface area contributed by atoms with Crippen LogP contribution >= 0.6 is 23.2 Å². The number of aromatic nitrogens is 4. The minimum absolute atomic E-state index is 0.190. The van der Waals surface area contributed by atoms with Gasteiger partial charge >= 0.3 is 0 Å². The minimum Gasteiger partial charge on any atom is -0.399 e. The lowest BCUT2D eigenvalue weighted by Gasteiger charge is -2.21. The molecule has 1 aliphatic rings.